The molecule has 0 N–H and O–H groups in total. The summed E-state index contributed by atoms with van der Waals surface area (Å²) in [7, 11) is 1.61. The molecule has 1 aliphatic rings. The molecular weight excluding hydrogens is 328 g/mol. The monoisotopic (exact) mass is 354 g/mol. The summed E-state index contributed by atoms with van der Waals surface area (Å²) in [6.07, 6.45) is 6.45. The van der Waals surface area contributed by atoms with Crippen molar-refractivity contribution in [2.24, 2.45) is 5.92 Å². The highest BCUT2D eigenvalue weighted by atomic mass is 16.5. The molecule has 1 aliphatic carbocycles. The van der Waals surface area contributed by atoms with E-state index in [0.29, 0.717) is 18.0 Å². The van der Waals surface area contributed by atoms with Gasteiger partial charge in [0.1, 0.15) is 11.8 Å². The molecule has 26 heavy (non-hydrogen) atoms. The van der Waals surface area contributed by atoms with Crippen LogP contribution in [0.2, 0.25) is 0 Å². The lowest BCUT2D eigenvalue weighted by Crippen LogP contribution is -2.31. The van der Waals surface area contributed by atoms with E-state index >= 15 is 0 Å². The zero-order valence-electron chi connectivity index (χ0n) is 15.5. The van der Waals surface area contributed by atoms with E-state index < -0.39 is 6.04 Å². The Kier molecular flexibility index (Phi) is 5.86. The van der Waals surface area contributed by atoms with Gasteiger partial charge in [-0.15, -0.1) is 0 Å². The molecule has 0 saturated heterocycles. The second-order valence-electron chi connectivity index (χ2n) is 7.08. The molecule has 2 aromatic rings. The topological polar surface area (TPSA) is 61.2 Å². The molecule has 1 atom stereocenters. The smallest absolute Gasteiger partial charge is 0.267 e. The average molecular weight is 354 g/mol. The van der Waals surface area contributed by atoms with Gasteiger partial charge in [-0.25, -0.2) is 4.68 Å². The molecular formula is C21H26N2O3. The van der Waals surface area contributed by atoms with Gasteiger partial charge >= 0.3 is 0 Å². The lowest BCUT2D eigenvalue weighted by atomic mass is 9.85. The predicted octanol–water partition coefficient (Wildman–Crippen LogP) is 4.02. The molecule has 1 unspecified atom stereocenters. The minimum Gasteiger partial charge on any atom is -0.497 e. The summed E-state index contributed by atoms with van der Waals surface area (Å²) in [5.74, 6) is 1.27. The fraction of sp³-hybridized carbons (Fsp3) is 0.476. The lowest BCUT2D eigenvalue weighted by Gasteiger charge is -2.22. The van der Waals surface area contributed by atoms with Gasteiger partial charge in [0.25, 0.3) is 5.56 Å². The number of hydrogen-bond acceptors (Lipinski definition) is 4. The van der Waals surface area contributed by atoms with Crippen LogP contribution in [-0.2, 0) is 4.79 Å². The van der Waals surface area contributed by atoms with Gasteiger partial charge in [0.15, 0.2) is 5.78 Å². The van der Waals surface area contributed by atoms with Crippen molar-refractivity contribution in [3.63, 3.8) is 0 Å². The van der Waals surface area contributed by atoms with Gasteiger partial charge in [0.05, 0.1) is 12.8 Å². The number of methoxy groups -OCH3 is 1. The van der Waals surface area contributed by atoms with E-state index in [-0.39, 0.29) is 11.3 Å². The molecule has 1 aromatic heterocycles. The lowest BCUT2D eigenvalue weighted by molar-refractivity contribution is -0.123. The molecule has 0 radical (unpaired) electrons. The van der Waals surface area contributed by atoms with E-state index in [2.05, 4.69) is 5.10 Å². The van der Waals surface area contributed by atoms with Crippen LogP contribution in [0.3, 0.4) is 0 Å². The molecule has 0 amide bonds. The fourth-order valence-electron chi connectivity index (χ4n) is 3.62. The molecule has 1 saturated carbocycles. The zero-order chi connectivity index (χ0) is 18.5. The largest absolute Gasteiger partial charge is 0.497 e. The summed E-state index contributed by atoms with van der Waals surface area (Å²) in [6, 6.07) is 10.1. The number of rotatable bonds is 6. The first-order valence-electron chi connectivity index (χ1n) is 9.35. The minimum absolute atomic E-state index is 0.0919. The number of hydrogen-bond donors (Lipinski definition) is 0. The fourth-order valence-corrected chi connectivity index (χ4v) is 3.62. The van der Waals surface area contributed by atoms with Crippen molar-refractivity contribution in [2.45, 2.75) is 51.5 Å². The molecule has 0 spiro atoms. The van der Waals surface area contributed by atoms with E-state index in [0.717, 1.165) is 24.2 Å². The molecule has 1 fully saturated rings. The molecule has 5 nitrogen and oxygen atoms in total. The number of benzene rings is 1. The van der Waals surface area contributed by atoms with Crippen molar-refractivity contribution in [3.8, 4) is 17.0 Å². The van der Waals surface area contributed by atoms with Crippen LogP contribution in [-0.4, -0.2) is 22.7 Å². The summed E-state index contributed by atoms with van der Waals surface area (Å²) < 4.78 is 6.57. The van der Waals surface area contributed by atoms with Crippen LogP contribution in [0.4, 0.5) is 0 Å². The molecule has 3 rings (SSSR count). The summed E-state index contributed by atoms with van der Waals surface area (Å²) >= 11 is 0. The maximum atomic E-state index is 12.7. The normalized spacial score (nSPS) is 16.2. The third kappa shape index (κ3) is 4.21. The highest BCUT2D eigenvalue weighted by Crippen LogP contribution is 2.28. The Bertz CT molecular complexity index is 822. The Labute approximate surface area is 154 Å². The van der Waals surface area contributed by atoms with Crippen LogP contribution in [0.5, 0.6) is 5.75 Å². The molecule has 5 heteroatoms. The Hall–Kier alpha value is -2.43. The maximum Gasteiger partial charge on any atom is 0.267 e. The number of carbonyl (C=O) groups is 1. The van der Waals surface area contributed by atoms with Crippen molar-refractivity contribution in [3.05, 3.63) is 46.8 Å². The van der Waals surface area contributed by atoms with Gasteiger partial charge in [-0.05, 0) is 31.0 Å². The molecule has 1 heterocycles. The zero-order valence-corrected chi connectivity index (χ0v) is 15.5. The van der Waals surface area contributed by atoms with Crippen LogP contribution in [0, 0.1) is 5.92 Å². The van der Waals surface area contributed by atoms with Crippen LogP contribution in [0.25, 0.3) is 11.3 Å². The first kappa shape index (κ1) is 18.4. The molecule has 138 valence electrons. The first-order chi connectivity index (χ1) is 12.6. The van der Waals surface area contributed by atoms with Gasteiger partial charge in [0.2, 0.25) is 0 Å². The van der Waals surface area contributed by atoms with Crippen LogP contribution in [0.1, 0.15) is 51.5 Å². The van der Waals surface area contributed by atoms with Crippen LogP contribution < -0.4 is 10.3 Å². The molecule has 0 bridgehead atoms. The van der Waals surface area contributed by atoms with Crippen molar-refractivity contribution in [1.29, 1.82) is 0 Å². The van der Waals surface area contributed by atoms with Gasteiger partial charge in [0, 0.05) is 18.1 Å². The van der Waals surface area contributed by atoms with Crippen LogP contribution >= 0.6 is 0 Å². The Morgan fingerprint density at radius 1 is 1.23 bits per heavy atom. The molecule has 0 aliphatic heterocycles. The molecule has 1 aromatic carbocycles. The average Bonchev–Trinajstić information content (AvgIpc) is 2.68. The van der Waals surface area contributed by atoms with E-state index in [1.807, 2.05) is 24.3 Å². The highest BCUT2D eigenvalue weighted by molar-refractivity contribution is 5.82. The van der Waals surface area contributed by atoms with E-state index in [1.54, 1.807) is 20.1 Å². The van der Waals surface area contributed by atoms with Gasteiger partial charge in [-0.2, -0.15) is 5.10 Å². The van der Waals surface area contributed by atoms with Crippen molar-refractivity contribution in [1.82, 2.24) is 9.78 Å². The Morgan fingerprint density at radius 3 is 2.73 bits per heavy atom. The number of ether oxygens (including phenoxy) is 1. The van der Waals surface area contributed by atoms with Gasteiger partial charge in [-0.1, -0.05) is 44.2 Å². The third-order valence-corrected chi connectivity index (χ3v) is 5.24. The summed E-state index contributed by atoms with van der Waals surface area (Å²) in [4.78, 5) is 25.0. The van der Waals surface area contributed by atoms with Crippen molar-refractivity contribution < 1.29 is 9.53 Å². The number of carbonyl (C=O) groups excluding carboxylic acids is 1. The SMILES string of the molecule is COc1cccc(-c2ccc(=O)n(C(C)C(=O)CC3CCCCC3)n2)c1. The van der Waals surface area contributed by atoms with E-state index in [9.17, 15) is 9.59 Å². The number of aromatic nitrogens is 2. The number of nitrogens with zero attached hydrogens (tertiary/aromatic N) is 2. The second-order valence-corrected chi connectivity index (χ2v) is 7.08. The van der Waals surface area contributed by atoms with Gasteiger partial charge < -0.3 is 4.74 Å². The Balaban J connectivity index is 1.82. The van der Waals surface area contributed by atoms with Crippen LogP contribution in [0.15, 0.2) is 41.2 Å². The minimum atomic E-state index is -0.546. The highest BCUT2D eigenvalue weighted by Gasteiger charge is 2.23. The van der Waals surface area contributed by atoms with Crippen molar-refractivity contribution >= 4 is 5.78 Å². The van der Waals surface area contributed by atoms with E-state index in [4.69, 9.17) is 4.74 Å². The predicted molar refractivity (Wildman–Crippen MR) is 101 cm³/mol. The number of Topliss-reactive ketones (excluding diaryl/α,β-unsaturated/α-hetero) is 1. The summed E-state index contributed by atoms with van der Waals surface area (Å²) in [6.45, 7) is 1.77. The quantitative estimate of drug-likeness (QED) is 0.786. The standard InChI is InChI=1S/C21H26N2O3/c1-15(20(24)13-16-7-4-3-5-8-16)23-21(25)12-11-19(22-23)17-9-6-10-18(14-17)26-2/h6,9-12,14-16H,3-5,7-8,13H2,1-2H3. The van der Waals surface area contributed by atoms with Gasteiger partial charge in [-0.3, -0.25) is 9.59 Å². The van der Waals surface area contributed by atoms with Crippen molar-refractivity contribution in [2.75, 3.05) is 7.11 Å². The van der Waals surface area contributed by atoms with E-state index in [1.165, 1.54) is 30.0 Å². The maximum absolute atomic E-state index is 12.7. The first-order valence-corrected chi connectivity index (χ1v) is 9.35. The second kappa shape index (κ2) is 8.30. The summed E-state index contributed by atoms with van der Waals surface area (Å²) in [5, 5.41) is 4.46. The third-order valence-electron chi connectivity index (χ3n) is 5.24. The number of ketones is 1. The summed E-state index contributed by atoms with van der Waals surface area (Å²) in [5.41, 5.74) is 1.26. The Morgan fingerprint density at radius 2 is 2.00 bits per heavy atom.